The number of anilines is 1. The van der Waals surface area contributed by atoms with Crippen molar-refractivity contribution in [3.05, 3.63) is 39.8 Å². The normalized spacial score (nSPS) is 24.7. The fraction of sp³-hybridized carbons (Fsp3) is 0.421. The first-order valence-electron chi connectivity index (χ1n) is 9.15. The van der Waals surface area contributed by atoms with Crippen molar-refractivity contribution in [1.82, 2.24) is 19.6 Å². The molecule has 1 fully saturated rings. The molecule has 0 bridgehead atoms. The summed E-state index contributed by atoms with van der Waals surface area (Å²) in [6, 6.07) is 2.29. The van der Waals surface area contributed by atoms with Crippen LogP contribution in [-0.4, -0.2) is 51.8 Å². The van der Waals surface area contributed by atoms with Gasteiger partial charge in [0.15, 0.2) is 5.41 Å². The van der Waals surface area contributed by atoms with Gasteiger partial charge in [-0.1, -0.05) is 6.07 Å². The van der Waals surface area contributed by atoms with E-state index in [1.165, 1.54) is 11.4 Å². The van der Waals surface area contributed by atoms with Crippen LogP contribution in [0.1, 0.15) is 25.0 Å². The summed E-state index contributed by atoms with van der Waals surface area (Å²) in [6.07, 6.45) is 1.52. The summed E-state index contributed by atoms with van der Waals surface area (Å²) in [7, 11) is 1.33. The molecular formula is C19H21N5O4. The number of aromatic nitrogens is 2. The van der Waals surface area contributed by atoms with E-state index in [1.807, 2.05) is 19.9 Å². The standard InChI is InChI=1S/C19H21N5O4/c1-5-23-11(3)19(16(26)21-18(28)22(4)17(19)27)9-12-14(23)20-13-10(2)7-6-8-24(13)15(12)25/h6-8,11H,5,9H2,1-4H3,(H,21,26,28)/t11-,19-/m0/s1. The van der Waals surface area contributed by atoms with Crippen LogP contribution in [0.3, 0.4) is 0 Å². The number of carbonyl (C=O) groups excluding carboxylic acids is 3. The van der Waals surface area contributed by atoms with Crippen molar-refractivity contribution >= 4 is 29.3 Å². The molecule has 2 aromatic heterocycles. The zero-order chi connectivity index (χ0) is 20.4. The number of carbonyl (C=O) groups is 3. The highest BCUT2D eigenvalue weighted by molar-refractivity contribution is 6.20. The largest absolute Gasteiger partial charge is 0.352 e. The van der Waals surface area contributed by atoms with Gasteiger partial charge in [0.05, 0.1) is 11.6 Å². The van der Waals surface area contributed by atoms with Gasteiger partial charge in [0.2, 0.25) is 11.8 Å². The lowest BCUT2D eigenvalue weighted by molar-refractivity contribution is -0.152. The van der Waals surface area contributed by atoms with E-state index in [9.17, 15) is 19.2 Å². The zero-order valence-electron chi connectivity index (χ0n) is 16.1. The van der Waals surface area contributed by atoms with Gasteiger partial charge in [0, 0.05) is 26.2 Å². The highest BCUT2D eigenvalue weighted by atomic mass is 16.2. The number of urea groups is 1. The molecule has 0 aliphatic carbocycles. The van der Waals surface area contributed by atoms with E-state index < -0.39 is 29.3 Å². The zero-order valence-corrected chi connectivity index (χ0v) is 16.1. The molecule has 9 nitrogen and oxygen atoms in total. The Bertz CT molecular complexity index is 1110. The van der Waals surface area contributed by atoms with Crippen molar-refractivity contribution in [2.45, 2.75) is 33.2 Å². The van der Waals surface area contributed by atoms with Crippen LogP contribution < -0.4 is 15.8 Å². The topological polar surface area (TPSA) is 104 Å². The van der Waals surface area contributed by atoms with Crippen molar-refractivity contribution in [3.63, 3.8) is 0 Å². The Hall–Kier alpha value is -3.23. The predicted octanol–water partition coefficient (Wildman–Crippen LogP) is 0.468. The van der Waals surface area contributed by atoms with Gasteiger partial charge in [-0.25, -0.2) is 9.78 Å². The number of nitrogens with zero attached hydrogens (tertiary/aromatic N) is 4. The lowest BCUT2D eigenvalue weighted by Crippen LogP contribution is -2.71. The minimum absolute atomic E-state index is 0.106. The molecule has 1 N–H and O–H groups in total. The number of amides is 4. The molecule has 28 heavy (non-hydrogen) atoms. The van der Waals surface area contributed by atoms with Gasteiger partial charge in [-0.05, 0) is 32.4 Å². The third-order valence-electron chi connectivity index (χ3n) is 5.99. The van der Waals surface area contributed by atoms with Gasteiger partial charge in [0.1, 0.15) is 11.5 Å². The van der Waals surface area contributed by atoms with E-state index in [1.54, 1.807) is 24.1 Å². The Balaban J connectivity index is 2.02. The molecule has 0 unspecified atom stereocenters. The Morgan fingerprint density at radius 2 is 2.00 bits per heavy atom. The van der Waals surface area contributed by atoms with Crippen LogP contribution in [0.4, 0.5) is 10.6 Å². The third-order valence-corrected chi connectivity index (χ3v) is 5.99. The molecule has 146 valence electrons. The summed E-state index contributed by atoms with van der Waals surface area (Å²) >= 11 is 0. The second-order valence-corrected chi connectivity index (χ2v) is 7.34. The van der Waals surface area contributed by atoms with Crippen molar-refractivity contribution in [1.29, 1.82) is 0 Å². The SMILES string of the molecule is CCN1c2nc3c(C)cccn3c(=O)c2C[C@@]2(C(=O)NC(=O)N(C)C2=O)[C@@H]1C. The fourth-order valence-electron chi connectivity index (χ4n) is 4.32. The van der Waals surface area contributed by atoms with Gasteiger partial charge >= 0.3 is 6.03 Å². The first-order chi connectivity index (χ1) is 13.2. The average Bonchev–Trinajstić information content (AvgIpc) is 2.66. The van der Waals surface area contributed by atoms with Crippen molar-refractivity contribution < 1.29 is 14.4 Å². The van der Waals surface area contributed by atoms with Crippen molar-refractivity contribution in [2.24, 2.45) is 5.41 Å². The fourth-order valence-corrected chi connectivity index (χ4v) is 4.32. The lowest BCUT2D eigenvalue weighted by Gasteiger charge is -2.49. The van der Waals surface area contributed by atoms with Gasteiger partial charge in [-0.3, -0.25) is 29.0 Å². The van der Waals surface area contributed by atoms with Crippen LogP contribution >= 0.6 is 0 Å². The number of fused-ring (bicyclic) bond motifs is 2. The smallest absolute Gasteiger partial charge is 0.330 e. The number of nitrogens with one attached hydrogen (secondary N) is 1. The number of hydrogen-bond acceptors (Lipinski definition) is 6. The highest BCUT2D eigenvalue weighted by Crippen LogP contribution is 2.42. The van der Waals surface area contributed by atoms with Gasteiger partial charge in [-0.2, -0.15) is 0 Å². The number of aryl methyl sites for hydroxylation is 1. The first kappa shape index (κ1) is 18.1. The maximum absolute atomic E-state index is 13.3. The number of pyridine rings is 1. The molecule has 0 aromatic carbocycles. The summed E-state index contributed by atoms with van der Waals surface area (Å²) in [5.41, 5.74) is -0.185. The molecule has 2 aliphatic rings. The Kier molecular flexibility index (Phi) is 3.81. The number of hydrogen-bond donors (Lipinski definition) is 1. The molecule has 0 radical (unpaired) electrons. The number of rotatable bonds is 1. The Labute approximate surface area is 160 Å². The number of imide groups is 2. The van der Waals surface area contributed by atoms with E-state index in [-0.39, 0.29) is 12.0 Å². The molecule has 4 amide bonds. The molecule has 1 spiro atoms. The Morgan fingerprint density at radius 3 is 2.68 bits per heavy atom. The highest BCUT2D eigenvalue weighted by Gasteiger charge is 2.60. The summed E-state index contributed by atoms with van der Waals surface area (Å²) in [6.45, 7) is 5.95. The third kappa shape index (κ3) is 2.10. The molecule has 4 rings (SSSR count). The van der Waals surface area contributed by atoms with E-state index in [0.29, 0.717) is 23.6 Å². The minimum Gasteiger partial charge on any atom is -0.352 e. The summed E-state index contributed by atoms with van der Waals surface area (Å²) in [5.74, 6) is -0.794. The number of barbiturate groups is 1. The van der Waals surface area contributed by atoms with Crippen molar-refractivity contribution in [2.75, 3.05) is 18.5 Å². The molecule has 1 saturated heterocycles. The van der Waals surface area contributed by atoms with E-state index in [4.69, 9.17) is 4.98 Å². The Morgan fingerprint density at radius 1 is 1.29 bits per heavy atom. The lowest BCUT2D eigenvalue weighted by atomic mass is 9.70. The van der Waals surface area contributed by atoms with Crippen LogP contribution in [0.2, 0.25) is 0 Å². The molecule has 2 atom stereocenters. The quantitative estimate of drug-likeness (QED) is 0.718. The summed E-state index contributed by atoms with van der Waals surface area (Å²) in [4.78, 5) is 58.6. The van der Waals surface area contributed by atoms with Gasteiger partial charge < -0.3 is 4.90 Å². The van der Waals surface area contributed by atoms with Gasteiger partial charge in [-0.15, -0.1) is 0 Å². The maximum Gasteiger partial charge on any atom is 0.330 e. The monoisotopic (exact) mass is 383 g/mol. The van der Waals surface area contributed by atoms with E-state index in [0.717, 1.165) is 10.5 Å². The van der Waals surface area contributed by atoms with Crippen molar-refractivity contribution in [3.8, 4) is 0 Å². The molecule has 9 heteroatoms. The summed E-state index contributed by atoms with van der Waals surface area (Å²) in [5, 5.41) is 2.26. The average molecular weight is 383 g/mol. The molecule has 2 aromatic rings. The van der Waals surface area contributed by atoms with E-state index >= 15 is 0 Å². The van der Waals surface area contributed by atoms with Gasteiger partial charge in [0.25, 0.3) is 5.56 Å². The molecule has 2 aliphatic heterocycles. The first-order valence-corrected chi connectivity index (χ1v) is 9.15. The molecule has 0 saturated carbocycles. The second-order valence-electron chi connectivity index (χ2n) is 7.34. The molecule has 4 heterocycles. The summed E-state index contributed by atoms with van der Waals surface area (Å²) < 4.78 is 1.44. The predicted molar refractivity (Wildman–Crippen MR) is 101 cm³/mol. The second kappa shape index (κ2) is 5.88. The van der Waals surface area contributed by atoms with E-state index in [2.05, 4.69) is 5.32 Å². The van der Waals surface area contributed by atoms with Crippen LogP contribution in [0, 0.1) is 12.3 Å². The van der Waals surface area contributed by atoms with Crippen LogP contribution in [-0.2, 0) is 16.0 Å². The van der Waals surface area contributed by atoms with Crippen LogP contribution in [0.5, 0.6) is 0 Å². The van der Waals surface area contributed by atoms with Crippen LogP contribution in [0.25, 0.3) is 5.65 Å². The van der Waals surface area contributed by atoms with Crippen LogP contribution in [0.15, 0.2) is 23.1 Å². The maximum atomic E-state index is 13.3. The minimum atomic E-state index is -1.56. The molecular weight excluding hydrogens is 362 g/mol.